The summed E-state index contributed by atoms with van der Waals surface area (Å²) in [6, 6.07) is 12.9. The van der Waals surface area contributed by atoms with E-state index in [1.54, 1.807) is 18.4 Å². The first kappa shape index (κ1) is 18.1. The molecule has 1 aliphatic carbocycles. The lowest BCUT2D eigenvalue weighted by molar-refractivity contribution is 0.103. The van der Waals surface area contributed by atoms with Crippen LogP contribution in [0.25, 0.3) is 0 Å². The van der Waals surface area contributed by atoms with Gasteiger partial charge in [-0.2, -0.15) is 0 Å². The molecule has 27 heavy (non-hydrogen) atoms. The lowest BCUT2D eigenvalue weighted by atomic mass is 9.94. The van der Waals surface area contributed by atoms with Crippen LogP contribution in [0.2, 0.25) is 5.02 Å². The Morgan fingerprint density at radius 2 is 1.96 bits per heavy atom. The third kappa shape index (κ3) is 3.75. The summed E-state index contributed by atoms with van der Waals surface area (Å²) in [6.07, 6.45) is 5.67. The largest absolute Gasteiger partial charge is 0.364 e. The van der Waals surface area contributed by atoms with Crippen molar-refractivity contribution in [2.24, 2.45) is 0 Å². The van der Waals surface area contributed by atoms with E-state index in [9.17, 15) is 9.00 Å². The van der Waals surface area contributed by atoms with Crippen molar-refractivity contribution in [2.45, 2.75) is 30.1 Å². The minimum absolute atomic E-state index is 0.0816. The van der Waals surface area contributed by atoms with E-state index in [4.69, 9.17) is 16.1 Å². The molecule has 0 spiro atoms. The van der Waals surface area contributed by atoms with Gasteiger partial charge in [0.2, 0.25) is 0 Å². The van der Waals surface area contributed by atoms with Gasteiger partial charge in [0.05, 0.1) is 22.1 Å². The minimum atomic E-state index is -1.17. The Balaban J connectivity index is 1.71. The highest BCUT2D eigenvalue weighted by atomic mass is 35.5. The molecular weight excluding hydrogens is 382 g/mol. The molecule has 0 N–H and O–H groups in total. The molecule has 1 aliphatic rings. The third-order valence-electron chi connectivity index (χ3n) is 4.79. The molecule has 138 valence electrons. The molecule has 0 radical (unpaired) electrons. The van der Waals surface area contributed by atoms with Crippen LogP contribution >= 0.6 is 11.6 Å². The van der Waals surface area contributed by atoms with Crippen molar-refractivity contribution in [2.75, 3.05) is 6.26 Å². The molecule has 0 aliphatic heterocycles. The summed E-state index contributed by atoms with van der Waals surface area (Å²) >= 11 is 6.06. The van der Waals surface area contributed by atoms with Crippen molar-refractivity contribution >= 4 is 28.2 Å². The van der Waals surface area contributed by atoms with E-state index in [2.05, 4.69) is 5.16 Å². The number of halogens is 1. The van der Waals surface area contributed by atoms with Gasteiger partial charge in [0.15, 0.2) is 5.78 Å². The Morgan fingerprint density at radius 3 is 2.70 bits per heavy atom. The van der Waals surface area contributed by atoms with E-state index in [0.717, 1.165) is 29.7 Å². The van der Waals surface area contributed by atoms with Crippen LogP contribution in [-0.2, 0) is 17.2 Å². The highest BCUT2D eigenvalue weighted by Crippen LogP contribution is 2.41. The normalized spacial score (nSPS) is 14.9. The number of hydrogen-bond donors (Lipinski definition) is 0. The lowest BCUT2D eigenvalue weighted by Crippen LogP contribution is -2.08. The molecule has 4 rings (SSSR count). The average Bonchev–Trinajstić information content (AvgIpc) is 3.39. The van der Waals surface area contributed by atoms with Crippen molar-refractivity contribution in [3.8, 4) is 0 Å². The van der Waals surface area contributed by atoms with Crippen LogP contribution in [0.3, 0.4) is 0 Å². The highest BCUT2D eigenvalue weighted by molar-refractivity contribution is 7.84. The second kappa shape index (κ2) is 7.41. The summed E-state index contributed by atoms with van der Waals surface area (Å²) < 4.78 is 17.2. The molecule has 0 saturated heterocycles. The summed E-state index contributed by atoms with van der Waals surface area (Å²) in [5.41, 5.74) is 3.69. The monoisotopic (exact) mass is 399 g/mol. The molecule has 1 atom stereocenters. The summed E-state index contributed by atoms with van der Waals surface area (Å²) in [4.78, 5) is 13.9. The second-order valence-corrected chi connectivity index (χ2v) is 8.54. The molecule has 0 bridgehead atoms. The number of carbonyl (C=O) groups excluding carboxylic acids is 1. The number of hydrogen-bond acceptors (Lipinski definition) is 4. The van der Waals surface area contributed by atoms with E-state index in [0.29, 0.717) is 33.4 Å². The summed E-state index contributed by atoms with van der Waals surface area (Å²) in [6.45, 7) is 0. The number of ketones is 1. The fourth-order valence-corrected chi connectivity index (χ4v) is 4.29. The molecule has 1 heterocycles. The molecule has 3 aromatic rings. The van der Waals surface area contributed by atoms with Gasteiger partial charge < -0.3 is 4.52 Å². The molecule has 1 saturated carbocycles. The fourth-order valence-electron chi connectivity index (χ4n) is 3.25. The van der Waals surface area contributed by atoms with Gasteiger partial charge in [0.25, 0.3) is 0 Å². The Labute approximate surface area is 165 Å². The van der Waals surface area contributed by atoms with Crippen molar-refractivity contribution in [3.05, 3.63) is 81.7 Å². The Morgan fingerprint density at radius 1 is 1.19 bits per heavy atom. The van der Waals surface area contributed by atoms with Crippen LogP contribution in [0, 0.1) is 0 Å². The molecule has 6 heteroatoms. The molecular formula is C21H18ClNO3S. The van der Waals surface area contributed by atoms with E-state index in [-0.39, 0.29) is 5.78 Å². The SMILES string of the molecule is CS(=O)c1cc(Cl)ccc1Cc1ccccc1C(=O)c1conc1C1CC1. The van der Waals surface area contributed by atoms with Crippen LogP contribution in [-0.4, -0.2) is 21.4 Å². The Kier molecular flexibility index (Phi) is 4.98. The standard InChI is InChI=1S/C21H18ClNO3S/c1-27(25)19-11-16(22)9-8-15(19)10-14-4-2-3-5-17(14)21(24)18-12-26-23-20(18)13-6-7-13/h2-5,8-9,11-13H,6-7,10H2,1H3. The zero-order valence-corrected chi connectivity index (χ0v) is 16.3. The van der Waals surface area contributed by atoms with Crippen LogP contribution in [0.1, 0.15) is 51.5 Å². The fraction of sp³-hybridized carbons (Fsp3) is 0.238. The van der Waals surface area contributed by atoms with Crippen LogP contribution in [0.15, 0.2) is 58.1 Å². The first-order valence-electron chi connectivity index (χ1n) is 8.73. The minimum Gasteiger partial charge on any atom is -0.364 e. The topological polar surface area (TPSA) is 60.2 Å². The zero-order valence-electron chi connectivity index (χ0n) is 14.8. The molecule has 1 fully saturated rings. The first-order valence-corrected chi connectivity index (χ1v) is 10.7. The third-order valence-corrected chi connectivity index (χ3v) is 6.02. The highest BCUT2D eigenvalue weighted by Gasteiger charge is 2.32. The molecule has 2 aromatic carbocycles. The first-order chi connectivity index (χ1) is 13.0. The number of carbonyl (C=O) groups is 1. The number of rotatable bonds is 6. The Hall–Kier alpha value is -2.24. The number of nitrogens with zero attached hydrogens (tertiary/aromatic N) is 1. The summed E-state index contributed by atoms with van der Waals surface area (Å²) in [5.74, 6) is 0.252. The quantitative estimate of drug-likeness (QED) is 0.560. The van der Waals surface area contributed by atoms with E-state index in [1.165, 1.54) is 6.26 Å². The summed E-state index contributed by atoms with van der Waals surface area (Å²) in [5, 5.41) is 4.58. The smallest absolute Gasteiger partial charge is 0.198 e. The maximum atomic E-state index is 13.2. The maximum absolute atomic E-state index is 13.2. The van der Waals surface area contributed by atoms with Crippen molar-refractivity contribution in [1.29, 1.82) is 0 Å². The predicted molar refractivity (Wildman–Crippen MR) is 105 cm³/mol. The lowest BCUT2D eigenvalue weighted by Gasteiger charge is -2.11. The van der Waals surface area contributed by atoms with Crippen molar-refractivity contribution < 1.29 is 13.5 Å². The van der Waals surface area contributed by atoms with Crippen molar-refractivity contribution in [1.82, 2.24) is 5.16 Å². The van der Waals surface area contributed by atoms with Crippen LogP contribution in [0.4, 0.5) is 0 Å². The van der Waals surface area contributed by atoms with Crippen LogP contribution < -0.4 is 0 Å². The van der Waals surface area contributed by atoms with E-state index < -0.39 is 10.8 Å². The van der Waals surface area contributed by atoms with E-state index >= 15 is 0 Å². The number of aromatic nitrogens is 1. The van der Waals surface area contributed by atoms with Crippen molar-refractivity contribution in [3.63, 3.8) is 0 Å². The van der Waals surface area contributed by atoms with Gasteiger partial charge in [-0.15, -0.1) is 0 Å². The van der Waals surface area contributed by atoms with Crippen LogP contribution in [0.5, 0.6) is 0 Å². The van der Waals surface area contributed by atoms with Gasteiger partial charge in [-0.05, 0) is 42.5 Å². The average molecular weight is 400 g/mol. The van der Waals surface area contributed by atoms with E-state index in [1.807, 2.05) is 30.3 Å². The Bertz CT molecular complexity index is 1040. The molecule has 4 nitrogen and oxygen atoms in total. The second-order valence-electron chi connectivity index (χ2n) is 6.76. The maximum Gasteiger partial charge on any atom is 0.198 e. The zero-order chi connectivity index (χ0) is 19.0. The summed E-state index contributed by atoms with van der Waals surface area (Å²) in [7, 11) is -1.17. The van der Waals surface area contributed by atoms with Gasteiger partial charge in [-0.25, -0.2) is 0 Å². The van der Waals surface area contributed by atoms with Gasteiger partial charge >= 0.3 is 0 Å². The van der Waals surface area contributed by atoms with Gasteiger partial charge in [0, 0.05) is 27.7 Å². The van der Waals surface area contributed by atoms with Gasteiger partial charge in [-0.3, -0.25) is 9.00 Å². The molecule has 0 amide bonds. The predicted octanol–water partition coefficient (Wildman–Crippen LogP) is 4.76. The van der Waals surface area contributed by atoms with Gasteiger partial charge in [0.1, 0.15) is 6.26 Å². The van der Waals surface area contributed by atoms with Gasteiger partial charge in [-0.1, -0.05) is 47.1 Å². The number of benzene rings is 2. The molecule has 1 aromatic heterocycles. The molecule has 1 unspecified atom stereocenters.